The first-order valence-corrected chi connectivity index (χ1v) is 14.8. The van der Waals surface area contributed by atoms with E-state index in [0.717, 1.165) is 76.1 Å². The number of carbonyl (C=O) groups excluding carboxylic acids is 1. The summed E-state index contributed by atoms with van der Waals surface area (Å²) >= 11 is 1.63. The summed E-state index contributed by atoms with van der Waals surface area (Å²) in [4.78, 5) is 32.7. The van der Waals surface area contributed by atoms with E-state index in [-0.39, 0.29) is 12.5 Å². The zero-order chi connectivity index (χ0) is 28.3. The van der Waals surface area contributed by atoms with Gasteiger partial charge < -0.3 is 20.1 Å². The first kappa shape index (κ1) is 27.3. The maximum atomic E-state index is 12.9. The van der Waals surface area contributed by atoms with Gasteiger partial charge in [0.1, 0.15) is 28.5 Å². The molecule has 1 atom stereocenters. The normalized spacial score (nSPS) is 17.3. The number of rotatable bonds is 8. The molecule has 1 saturated heterocycles. The molecule has 0 saturated carbocycles. The summed E-state index contributed by atoms with van der Waals surface area (Å²) in [7, 11) is 0. The van der Waals surface area contributed by atoms with Gasteiger partial charge in [-0.05, 0) is 80.6 Å². The quantitative estimate of drug-likeness (QED) is 0.286. The van der Waals surface area contributed by atoms with Crippen LogP contribution in [0.25, 0.3) is 10.2 Å². The van der Waals surface area contributed by atoms with E-state index >= 15 is 0 Å². The molecule has 3 aromatic heterocycles. The van der Waals surface area contributed by atoms with E-state index in [1.54, 1.807) is 29.9 Å². The maximum Gasteiger partial charge on any atom is 0.246 e. The van der Waals surface area contributed by atoms with Crippen LogP contribution in [0.1, 0.15) is 28.1 Å². The summed E-state index contributed by atoms with van der Waals surface area (Å²) in [5.74, 6) is 2.64. The number of pyridine rings is 1. The molecular formula is C31H34N6O3S. The van der Waals surface area contributed by atoms with Crippen molar-refractivity contribution in [2.75, 3.05) is 38.1 Å². The van der Waals surface area contributed by atoms with Crippen LogP contribution in [0.5, 0.6) is 11.5 Å². The first-order chi connectivity index (χ1) is 20.0. The number of hydrogen-bond acceptors (Lipinski definition) is 9. The smallest absolute Gasteiger partial charge is 0.246 e. The predicted molar refractivity (Wildman–Crippen MR) is 161 cm³/mol. The number of anilines is 2. The third-order valence-corrected chi connectivity index (χ3v) is 8.88. The fourth-order valence-corrected chi connectivity index (χ4v) is 6.67. The molecule has 41 heavy (non-hydrogen) atoms. The monoisotopic (exact) mass is 570 g/mol. The predicted octanol–water partition coefficient (Wildman–Crippen LogP) is 4.99. The molecule has 0 bridgehead atoms. The lowest BCUT2D eigenvalue weighted by molar-refractivity contribution is -0.126. The fourth-order valence-electron chi connectivity index (χ4n) is 5.47. The number of carbonyl (C=O) groups is 1. The molecule has 2 aliphatic heterocycles. The van der Waals surface area contributed by atoms with Gasteiger partial charge in [-0.15, -0.1) is 11.3 Å². The van der Waals surface area contributed by atoms with Crippen molar-refractivity contribution in [2.45, 2.75) is 33.2 Å². The van der Waals surface area contributed by atoms with Gasteiger partial charge in [-0.2, -0.15) is 0 Å². The molecule has 0 aliphatic carbocycles. The minimum atomic E-state index is 0.0367. The van der Waals surface area contributed by atoms with Crippen molar-refractivity contribution < 1.29 is 14.6 Å². The average Bonchev–Trinajstić information content (AvgIpc) is 3.60. The molecule has 9 nitrogen and oxygen atoms in total. The van der Waals surface area contributed by atoms with Gasteiger partial charge in [0.25, 0.3) is 0 Å². The van der Waals surface area contributed by atoms with E-state index in [0.29, 0.717) is 24.8 Å². The van der Waals surface area contributed by atoms with Gasteiger partial charge in [0.2, 0.25) is 5.91 Å². The number of aliphatic hydroxyl groups excluding tert-OH is 1. The molecule has 6 rings (SSSR count). The van der Waals surface area contributed by atoms with Crippen molar-refractivity contribution in [1.29, 1.82) is 0 Å². The van der Waals surface area contributed by atoms with Crippen LogP contribution in [0.4, 0.5) is 11.5 Å². The van der Waals surface area contributed by atoms with Crippen LogP contribution in [-0.4, -0.2) is 68.6 Å². The lowest BCUT2D eigenvalue weighted by Crippen LogP contribution is -2.34. The summed E-state index contributed by atoms with van der Waals surface area (Å²) in [6.45, 7) is 8.04. The number of ether oxygens (including phenoxy) is 1. The SMILES string of the molecule is Cc1ccc(Oc2ccc(Nc3ncnc4sc5c(c34)CCN(C(=O)/C=C/CN3CC[C@H](CO)C3)C5)cc2C)cn1. The van der Waals surface area contributed by atoms with E-state index in [9.17, 15) is 9.90 Å². The lowest BCUT2D eigenvalue weighted by atomic mass is 10.0. The van der Waals surface area contributed by atoms with Crippen molar-refractivity contribution in [3.05, 3.63) is 76.7 Å². The fraction of sp³-hybridized carbons (Fsp3) is 0.355. The molecule has 2 aliphatic rings. The number of nitrogens with one attached hydrogen (secondary N) is 1. The average molecular weight is 571 g/mol. The Morgan fingerprint density at radius 3 is 2.88 bits per heavy atom. The molecule has 5 heterocycles. The third kappa shape index (κ3) is 6.09. The number of amides is 1. The number of aromatic nitrogens is 3. The second-order valence-electron chi connectivity index (χ2n) is 10.8. The second kappa shape index (κ2) is 11.9. The number of likely N-dealkylation sites (tertiary alicyclic amines) is 1. The van der Waals surface area contributed by atoms with E-state index in [4.69, 9.17) is 4.74 Å². The Morgan fingerprint density at radius 1 is 1.20 bits per heavy atom. The molecule has 1 fully saturated rings. The highest BCUT2D eigenvalue weighted by molar-refractivity contribution is 7.19. The Labute approximate surface area is 243 Å². The maximum absolute atomic E-state index is 12.9. The molecular weight excluding hydrogens is 536 g/mol. The van der Waals surface area contributed by atoms with Crippen LogP contribution in [0.15, 0.2) is 55.0 Å². The number of nitrogens with zero attached hydrogens (tertiary/aromatic N) is 5. The van der Waals surface area contributed by atoms with Crippen molar-refractivity contribution in [1.82, 2.24) is 24.8 Å². The van der Waals surface area contributed by atoms with Crippen molar-refractivity contribution >= 4 is 39.0 Å². The minimum absolute atomic E-state index is 0.0367. The first-order valence-electron chi connectivity index (χ1n) is 14.0. The van der Waals surface area contributed by atoms with Gasteiger partial charge in [0, 0.05) is 48.6 Å². The number of benzene rings is 1. The third-order valence-electron chi connectivity index (χ3n) is 7.75. The summed E-state index contributed by atoms with van der Waals surface area (Å²) in [6, 6.07) is 9.82. The summed E-state index contributed by atoms with van der Waals surface area (Å²) in [5.41, 5.74) is 4.07. The molecule has 1 aromatic carbocycles. The van der Waals surface area contributed by atoms with E-state index < -0.39 is 0 Å². The van der Waals surface area contributed by atoms with Crippen molar-refractivity contribution in [2.24, 2.45) is 5.92 Å². The van der Waals surface area contributed by atoms with E-state index in [1.165, 1.54) is 5.56 Å². The Hall–Kier alpha value is -3.86. The minimum Gasteiger partial charge on any atom is -0.455 e. The Morgan fingerprint density at radius 2 is 2.10 bits per heavy atom. The highest BCUT2D eigenvalue weighted by Crippen LogP contribution is 2.38. The van der Waals surface area contributed by atoms with Gasteiger partial charge in [-0.25, -0.2) is 9.97 Å². The molecule has 4 aromatic rings. The van der Waals surface area contributed by atoms with Crippen molar-refractivity contribution in [3.63, 3.8) is 0 Å². The zero-order valence-electron chi connectivity index (χ0n) is 23.3. The van der Waals surface area contributed by atoms with Crippen LogP contribution >= 0.6 is 11.3 Å². The highest BCUT2D eigenvalue weighted by Gasteiger charge is 2.26. The molecule has 2 N–H and O–H groups in total. The Bertz CT molecular complexity index is 1590. The number of thiophene rings is 1. The van der Waals surface area contributed by atoms with Gasteiger partial charge in [-0.3, -0.25) is 14.7 Å². The molecule has 0 unspecified atom stereocenters. The van der Waals surface area contributed by atoms with Crippen LogP contribution in [0.3, 0.4) is 0 Å². The number of fused-ring (bicyclic) bond motifs is 3. The number of aliphatic hydroxyl groups is 1. The Kier molecular flexibility index (Phi) is 7.95. The van der Waals surface area contributed by atoms with Crippen LogP contribution < -0.4 is 10.1 Å². The molecule has 1 amide bonds. The molecule has 10 heteroatoms. The van der Waals surface area contributed by atoms with Gasteiger partial charge >= 0.3 is 0 Å². The van der Waals surface area contributed by atoms with E-state index in [1.807, 2.05) is 55.2 Å². The van der Waals surface area contributed by atoms with Gasteiger partial charge in [0.05, 0.1) is 18.1 Å². The summed E-state index contributed by atoms with van der Waals surface area (Å²) < 4.78 is 6.03. The standard InChI is InChI=1S/C31H34N6O3S/c1-20-14-23(6-8-26(20)40-24-7-5-21(2)32-15-24)35-30-29-25-10-13-37(17-27(25)41-31(29)34-19-33-30)28(39)4-3-11-36-12-9-22(16-36)18-38/h3-8,14-15,19,22,38H,9-13,16-18H2,1-2H3,(H,33,34,35)/b4-3+/t22-/m0/s1. The molecule has 0 radical (unpaired) electrons. The van der Waals surface area contributed by atoms with Crippen LogP contribution in [-0.2, 0) is 17.8 Å². The van der Waals surface area contributed by atoms with Gasteiger partial charge in [-0.1, -0.05) is 6.08 Å². The zero-order valence-corrected chi connectivity index (χ0v) is 24.2. The van der Waals surface area contributed by atoms with Crippen LogP contribution in [0.2, 0.25) is 0 Å². The van der Waals surface area contributed by atoms with E-state index in [2.05, 4.69) is 25.2 Å². The van der Waals surface area contributed by atoms with Crippen LogP contribution in [0, 0.1) is 19.8 Å². The number of hydrogen-bond donors (Lipinski definition) is 2. The Balaban J connectivity index is 1.13. The van der Waals surface area contributed by atoms with Gasteiger partial charge in [0.15, 0.2) is 0 Å². The largest absolute Gasteiger partial charge is 0.455 e. The molecule has 212 valence electrons. The topological polar surface area (TPSA) is 104 Å². The van der Waals surface area contributed by atoms with Crippen molar-refractivity contribution in [3.8, 4) is 11.5 Å². The summed E-state index contributed by atoms with van der Waals surface area (Å²) in [6.07, 6.45) is 8.74. The summed E-state index contributed by atoms with van der Waals surface area (Å²) in [5, 5.41) is 13.9. The lowest BCUT2D eigenvalue weighted by Gasteiger charge is -2.26. The highest BCUT2D eigenvalue weighted by atomic mass is 32.1. The number of aryl methyl sites for hydroxylation is 2. The second-order valence-corrected chi connectivity index (χ2v) is 11.8. The molecule has 0 spiro atoms.